The van der Waals surface area contributed by atoms with Crippen LogP contribution in [0.5, 0.6) is 5.75 Å². The van der Waals surface area contributed by atoms with Crippen molar-refractivity contribution in [3.63, 3.8) is 0 Å². The van der Waals surface area contributed by atoms with Crippen LogP contribution in [-0.2, 0) is 30.9 Å². The number of carbonyl (C=O) groups excluding carboxylic acids is 2. The Labute approximate surface area is 323 Å². The lowest BCUT2D eigenvalue weighted by atomic mass is 9.94. The van der Waals surface area contributed by atoms with Crippen LogP contribution in [0.4, 0.5) is 10.9 Å². The number of benzene rings is 4. The Morgan fingerprint density at radius 2 is 1.67 bits per heavy atom. The fourth-order valence-electron chi connectivity index (χ4n) is 6.69. The summed E-state index contributed by atoms with van der Waals surface area (Å²) in [5.74, 6) is 0.667. The molecule has 0 fully saturated rings. The third-order valence-corrected chi connectivity index (χ3v) is 10.3. The highest BCUT2D eigenvalue weighted by Gasteiger charge is 2.27. The molecule has 3 aromatic heterocycles. The van der Waals surface area contributed by atoms with E-state index >= 15 is 0 Å². The van der Waals surface area contributed by atoms with E-state index in [1.807, 2.05) is 135 Å². The van der Waals surface area contributed by atoms with Crippen molar-refractivity contribution in [2.24, 2.45) is 0 Å². The van der Waals surface area contributed by atoms with Crippen molar-refractivity contribution in [3.8, 4) is 16.9 Å². The van der Waals surface area contributed by atoms with Crippen LogP contribution < -0.4 is 15.0 Å². The van der Waals surface area contributed by atoms with Crippen LogP contribution in [0.1, 0.15) is 63.9 Å². The molecule has 10 nitrogen and oxygen atoms in total. The number of hydrogen-bond donors (Lipinski definition) is 1. The molecule has 8 rings (SSSR count). The largest absolute Gasteiger partial charge is 0.489 e. The van der Waals surface area contributed by atoms with Crippen LogP contribution in [0.2, 0.25) is 0 Å². The smallest absolute Gasteiger partial charge is 0.358 e. The summed E-state index contributed by atoms with van der Waals surface area (Å²) in [6, 6.07) is 35.5. The Morgan fingerprint density at radius 1 is 0.873 bits per heavy atom. The van der Waals surface area contributed by atoms with Crippen molar-refractivity contribution in [2.75, 3.05) is 16.8 Å². The zero-order valence-corrected chi connectivity index (χ0v) is 31.7. The van der Waals surface area contributed by atoms with Crippen molar-refractivity contribution < 1.29 is 19.1 Å². The van der Waals surface area contributed by atoms with Crippen LogP contribution in [0.25, 0.3) is 21.3 Å². The van der Waals surface area contributed by atoms with E-state index in [4.69, 9.17) is 14.5 Å². The molecular formula is C44H40N6O4S. The molecule has 4 aromatic carbocycles. The Balaban J connectivity index is 1.05. The number of anilines is 2. The predicted molar refractivity (Wildman–Crippen MR) is 216 cm³/mol. The number of hydrogen-bond acceptors (Lipinski definition) is 9. The summed E-state index contributed by atoms with van der Waals surface area (Å²) in [7, 11) is 0. The van der Waals surface area contributed by atoms with E-state index in [1.165, 1.54) is 11.3 Å². The van der Waals surface area contributed by atoms with Gasteiger partial charge in [-0.15, -0.1) is 0 Å². The number of nitrogens with zero attached hydrogens (tertiary/aromatic N) is 5. The molecule has 0 radical (unpaired) electrons. The van der Waals surface area contributed by atoms with Crippen molar-refractivity contribution in [2.45, 2.75) is 52.5 Å². The molecule has 0 saturated carbocycles. The SMILES string of the molecule is CC(C)(C)OC(=O)c1nc(N2CCc3cccc(C(=O)Nc4nc5ccccc5s4)c3C2)ccc1-c1cnn(Cc2ccccc2OCc2ccccc2)c1. The summed E-state index contributed by atoms with van der Waals surface area (Å²) < 4.78 is 14.9. The number of rotatable bonds is 10. The standard InChI is InChI=1S/C44H40N6O4S/c1-44(2,3)54-42(52)40-33(32-24-45-50(26-32)25-31-14-7-9-18-37(31)53-28-29-12-5-4-6-13-29)20-21-39(47-40)49-23-22-30-15-11-16-34(35(30)27-49)41(51)48-43-46-36-17-8-10-19-38(36)55-43/h4-21,24,26H,22-23,25,27-28H2,1-3H3,(H,46,48,51). The first-order chi connectivity index (χ1) is 26.7. The summed E-state index contributed by atoms with van der Waals surface area (Å²) in [6.07, 6.45) is 4.36. The number of pyridine rings is 1. The first kappa shape index (κ1) is 35.7. The number of para-hydroxylation sites is 2. The van der Waals surface area contributed by atoms with E-state index in [0.29, 0.717) is 54.7 Å². The normalized spacial score (nSPS) is 12.7. The van der Waals surface area contributed by atoms with E-state index in [9.17, 15) is 9.59 Å². The number of ether oxygens (including phenoxy) is 2. The number of nitrogens with one attached hydrogen (secondary N) is 1. The van der Waals surface area contributed by atoms with Gasteiger partial charge >= 0.3 is 5.97 Å². The molecule has 4 heterocycles. The quantitative estimate of drug-likeness (QED) is 0.138. The molecule has 0 spiro atoms. The summed E-state index contributed by atoms with van der Waals surface area (Å²) in [5, 5.41) is 8.23. The van der Waals surface area contributed by atoms with Crippen molar-refractivity contribution in [1.29, 1.82) is 0 Å². The Bertz CT molecular complexity index is 2470. The number of esters is 1. The molecule has 0 atom stereocenters. The highest BCUT2D eigenvalue weighted by Crippen LogP contribution is 2.32. The van der Waals surface area contributed by atoms with Gasteiger partial charge in [0.05, 0.1) is 23.0 Å². The molecular weight excluding hydrogens is 709 g/mol. The summed E-state index contributed by atoms with van der Waals surface area (Å²) in [5.41, 5.74) is 6.36. The second kappa shape index (κ2) is 15.2. The van der Waals surface area contributed by atoms with Gasteiger partial charge in [-0.2, -0.15) is 5.10 Å². The van der Waals surface area contributed by atoms with Gasteiger partial charge in [0.1, 0.15) is 23.8 Å². The van der Waals surface area contributed by atoms with Crippen molar-refractivity contribution in [3.05, 3.63) is 155 Å². The van der Waals surface area contributed by atoms with E-state index in [0.717, 1.165) is 43.8 Å². The topological polar surface area (TPSA) is 111 Å². The Morgan fingerprint density at radius 3 is 2.51 bits per heavy atom. The summed E-state index contributed by atoms with van der Waals surface area (Å²) in [4.78, 5) is 39.1. The molecule has 276 valence electrons. The molecule has 0 unspecified atom stereocenters. The molecule has 0 bridgehead atoms. The highest BCUT2D eigenvalue weighted by atomic mass is 32.1. The number of aromatic nitrogens is 4. The zero-order chi connectivity index (χ0) is 37.9. The van der Waals surface area contributed by atoms with Gasteiger partial charge in [0.25, 0.3) is 5.91 Å². The summed E-state index contributed by atoms with van der Waals surface area (Å²) >= 11 is 1.45. The second-order valence-electron chi connectivity index (χ2n) is 14.4. The lowest BCUT2D eigenvalue weighted by molar-refractivity contribution is 0.00638. The molecule has 0 aliphatic carbocycles. The number of amides is 1. The van der Waals surface area contributed by atoms with Crippen LogP contribution in [0.15, 0.2) is 122 Å². The highest BCUT2D eigenvalue weighted by molar-refractivity contribution is 7.22. The molecule has 1 aliphatic rings. The van der Waals surface area contributed by atoms with Crippen molar-refractivity contribution >= 4 is 44.4 Å². The monoisotopic (exact) mass is 748 g/mol. The van der Waals surface area contributed by atoms with Gasteiger partial charge in [-0.3, -0.25) is 14.8 Å². The number of thiazole rings is 1. The van der Waals surface area contributed by atoms with Gasteiger partial charge in [-0.1, -0.05) is 84.1 Å². The number of fused-ring (bicyclic) bond motifs is 2. The van der Waals surface area contributed by atoms with Crippen LogP contribution >= 0.6 is 11.3 Å². The van der Waals surface area contributed by atoms with E-state index in [1.54, 1.807) is 6.20 Å². The van der Waals surface area contributed by atoms with Crippen molar-refractivity contribution in [1.82, 2.24) is 19.7 Å². The van der Waals surface area contributed by atoms with Gasteiger partial charge < -0.3 is 14.4 Å². The van der Waals surface area contributed by atoms with Crippen LogP contribution in [-0.4, -0.2) is 43.8 Å². The van der Waals surface area contributed by atoms with Gasteiger partial charge in [-0.05, 0) is 80.3 Å². The van der Waals surface area contributed by atoms with Crippen LogP contribution in [0, 0.1) is 0 Å². The summed E-state index contributed by atoms with van der Waals surface area (Å²) in [6.45, 7) is 7.56. The lowest BCUT2D eigenvalue weighted by Crippen LogP contribution is -2.33. The fraction of sp³-hybridized carbons (Fsp3) is 0.205. The molecule has 7 aromatic rings. The lowest BCUT2D eigenvalue weighted by Gasteiger charge is -2.31. The maximum atomic E-state index is 13.8. The molecule has 55 heavy (non-hydrogen) atoms. The molecule has 1 aliphatic heterocycles. The van der Waals surface area contributed by atoms with Gasteiger partial charge in [0.2, 0.25) is 0 Å². The van der Waals surface area contributed by atoms with Crippen LogP contribution in [0.3, 0.4) is 0 Å². The Hall–Kier alpha value is -6.33. The average Bonchev–Trinajstić information content (AvgIpc) is 3.83. The first-order valence-corrected chi connectivity index (χ1v) is 19.0. The molecule has 11 heteroatoms. The minimum absolute atomic E-state index is 0.200. The molecule has 0 saturated heterocycles. The fourth-order valence-corrected chi connectivity index (χ4v) is 7.55. The second-order valence-corrected chi connectivity index (χ2v) is 15.5. The zero-order valence-electron chi connectivity index (χ0n) is 30.9. The maximum absolute atomic E-state index is 13.8. The molecule has 1 N–H and O–H groups in total. The minimum Gasteiger partial charge on any atom is -0.489 e. The van der Waals surface area contributed by atoms with E-state index in [2.05, 4.69) is 26.4 Å². The predicted octanol–water partition coefficient (Wildman–Crippen LogP) is 8.95. The third-order valence-electron chi connectivity index (χ3n) is 9.32. The average molecular weight is 749 g/mol. The minimum atomic E-state index is -0.727. The van der Waals surface area contributed by atoms with Gasteiger partial charge in [0.15, 0.2) is 10.8 Å². The first-order valence-electron chi connectivity index (χ1n) is 18.2. The van der Waals surface area contributed by atoms with E-state index in [-0.39, 0.29) is 11.6 Å². The van der Waals surface area contributed by atoms with Gasteiger partial charge in [-0.25, -0.2) is 14.8 Å². The maximum Gasteiger partial charge on any atom is 0.358 e. The number of carbonyl (C=O) groups is 2. The third kappa shape index (κ3) is 8.12. The Kier molecular flexibility index (Phi) is 9.86. The van der Waals surface area contributed by atoms with E-state index < -0.39 is 11.6 Å². The van der Waals surface area contributed by atoms with Gasteiger partial charge in [0, 0.05) is 41.5 Å². The molecule has 1 amide bonds.